The lowest BCUT2D eigenvalue weighted by molar-refractivity contribution is -0.124. The molecule has 1 amide bonds. The van der Waals surface area contributed by atoms with Crippen molar-refractivity contribution in [2.24, 2.45) is 5.92 Å². The van der Waals surface area contributed by atoms with Gasteiger partial charge >= 0.3 is 0 Å². The number of hydrogen-bond acceptors (Lipinski definition) is 3. The number of ether oxygens (including phenoxy) is 1. The first-order valence-corrected chi connectivity index (χ1v) is 7.47. The van der Waals surface area contributed by atoms with E-state index in [9.17, 15) is 4.79 Å². The highest BCUT2D eigenvalue weighted by Gasteiger charge is 2.38. The third-order valence-electron chi connectivity index (χ3n) is 4.69. The van der Waals surface area contributed by atoms with Gasteiger partial charge in [-0.15, -0.1) is 0 Å². The fraction of sp³-hybridized carbons (Fsp3) is 0.929. The number of nitrogens with one attached hydrogen (secondary N) is 2. The molecule has 0 aromatic carbocycles. The summed E-state index contributed by atoms with van der Waals surface area (Å²) in [5, 5.41) is 6.67. The molecule has 18 heavy (non-hydrogen) atoms. The fourth-order valence-electron chi connectivity index (χ4n) is 3.68. The maximum Gasteiger partial charge on any atom is 0.237 e. The molecule has 0 aromatic heterocycles. The molecule has 3 rings (SSSR count). The van der Waals surface area contributed by atoms with Crippen molar-refractivity contribution in [1.82, 2.24) is 10.6 Å². The lowest BCUT2D eigenvalue weighted by atomic mass is 9.85. The van der Waals surface area contributed by atoms with E-state index in [1.54, 1.807) is 0 Å². The Kier molecular flexibility index (Phi) is 3.85. The van der Waals surface area contributed by atoms with E-state index >= 15 is 0 Å². The zero-order chi connectivity index (χ0) is 12.4. The van der Waals surface area contributed by atoms with Crippen LogP contribution in [0.15, 0.2) is 0 Å². The van der Waals surface area contributed by atoms with Crippen LogP contribution in [0.25, 0.3) is 0 Å². The predicted octanol–water partition coefficient (Wildman–Crippen LogP) is 1.20. The van der Waals surface area contributed by atoms with Crippen molar-refractivity contribution < 1.29 is 9.53 Å². The number of carbonyl (C=O) groups excluding carboxylic acids is 1. The van der Waals surface area contributed by atoms with Crippen LogP contribution in [-0.4, -0.2) is 37.2 Å². The van der Waals surface area contributed by atoms with Crippen molar-refractivity contribution in [1.29, 1.82) is 0 Å². The quantitative estimate of drug-likeness (QED) is 0.776. The van der Waals surface area contributed by atoms with Gasteiger partial charge in [0.2, 0.25) is 5.91 Å². The monoisotopic (exact) mass is 252 g/mol. The molecule has 3 aliphatic rings. The van der Waals surface area contributed by atoms with E-state index in [0.717, 1.165) is 31.8 Å². The number of amides is 1. The minimum atomic E-state index is 0.0417. The Morgan fingerprint density at radius 3 is 2.83 bits per heavy atom. The van der Waals surface area contributed by atoms with Crippen LogP contribution in [0.4, 0.5) is 0 Å². The first kappa shape index (κ1) is 12.4. The lowest BCUT2D eigenvalue weighted by Gasteiger charge is -2.25. The third-order valence-corrected chi connectivity index (χ3v) is 4.69. The summed E-state index contributed by atoms with van der Waals surface area (Å²) < 4.78 is 5.41. The van der Waals surface area contributed by atoms with Crippen molar-refractivity contribution >= 4 is 5.91 Å². The molecule has 1 aliphatic carbocycles. The van der Waals surface area contributed by atoms with Crippen LogP contribution in [0.1, 0.15) is 44.9 Å². The van der Waals surface area contributed by atoms with Crippen LogP contribution >= 0.6 is 0 Å². The van der Waals surface area contributed by atoms with Crippen LogP contribution < -0.4 is 10.6 Å². The highest BCUT2D eigenvalue weighted by molar-refractivity contribution is 5.82. The minimum absolute atomic E-state index is 0.0417. The van der Waals surface area contributed by atoms with Gasteiger partial charge in [0.05, 0.1) is 18.7 Å². The molecule has 4 heteroatoms. The first-order chi connectivity index (χ1) is 8.83. The second-order valence-corrected chi connectivity index (χ2v) is 6.03. The second kappa shape index (κ2) is 5.57. The fourth-order valence-corrected chi connectivity index (χ4v) is 3.68. The third kappa shape index (κ3) is 2.69. The molecular formula is C14H24N2O2. The van der Waals surface area contributed by atoms with Crippen LogP contribution in [0.5, 0.6) is 0 Å². The second-order valence-electron chi connectivity index (χ2n) is 6.03. The summed E-state index contributed by atoms with van der Waals surface area (Å²) in [6, 6.07) is 0.868. The summed E-state index contributed by atoms with van der Waals surface area (Å²) in [5.74, 6) is 0.928. The Morgan fingerprint density at radius 2 is 2.06 bits per heavy atom. The molecule has 2 heterocycles. The summed E-state index contributed by atoms with van der Waals surface area (Å²) in [4.78, 5) is 12.2. The molecule has 0 bridgehead atoms. The lowest BCUT2D eigenvalue weighted by Crippen LogP contribution is -2.49. The molecule has 2 N–H and O–H groups in total. The summed E-state index contributed by atoms with van der Waals surface area (Å²) >= 11 is 0. The average Bonchev–Trinajstić information content (AvgIpc) is 2.84. The summed E-state index contributed by atoms with van der Waals surface area (Å²) in [5.41, 5.74) is 0. The van der Waals surface area contributed by atoms with Crippen molar-refractivity contribution in [3.63, 3.8) is 0 Å². The van der Waals surface area contributed by atoms with Gasteiger partial charge in [0.25, 0.3) is 0 Å². The molecule has 0 spiro atoms. The van der Waals surface area contributed by atoms with E-state index in [2.05, 4.69) is 10.6 Å². The number of carbonyl (C=O) groups is 1. The minimum Gasteiger partial charge on any atom is -0.379 e. The first-order valence-electron chi connectivity index (χ1n) is 7.47. The molecule has 102 valence electrons. The largest absolute Gasteiger partial charge is 0.379 e. The maximum absolute atomic E-state index is 12.2. The standard InChI is InChI=1S/C14H24N2O2/c17-14(15-11-5-3-7-18-9-11)13-8-10-4-1-2-6-12(10)16-13/h10-13,16H,1-9H2,(H,15,17). The van der Waals surface area contributed by atoms with Crippen LogP contribution in [-0.2, 0) is 9.53 Å². The van der Waals surface area contributed by atoms with Gasteiger partial charge in [-0.2, -0.15) is 0 Å². The topological polar surface area (TPSA) is 50.4 Å². The molecule has 1 saturated carbocycles. The van der Waals surface area contributed by atoms with Gasteiger partial charge in [0.15, 0.2) is 0 Å². The van der Waals surface area contributed by atoms with Crippen molar-refractivity contribution in [3.05, 3.63) is 0 Å². The van der Waals surface area contributed by atoms with E-state index in [0.29, 0.717) is 12.6 Å². The van der Waals surface area contributed by atoms with Gasteiger partial charge in [-0.05, 0) is 38.0 Å². The Balaban J connectivity index is 1.50. The Hall–Kier alpha value is -0.610. The Morgan fingerprint density at radius 1 is 1.17 bits per heavy atom. The smallest absolute Gasteiger partial charge is 0.237 e. The van der Waals surface area contributed by atoms with E-state index < -0.39 is 0 Å². The highest BCUT2D eigenvalue weighted by atomic mass is 16.5. The zero-order valence-corrected chi connectivity index (χ0v) is 11.0. The van der Waals surface area contributed by atoms with E-state index in [-0.39, 0.29) is 18.0 Å². The normalized spacial score (nSPS) is 40.2. The highest BCUT2D eigenvalue weighted by Crippen LogP contribution is 2.33. The maximum atomic E-state index is 12.2. The van der Waals surface area contributed by atoms with Gasteiger partial charge in [0.1, 0.15) is 0 Å². The molecule has 3 fully saturated rings. The SMILES string of the molecule is O=C(NC1CCCOC1)C1CC2CCCCC2N1. The van der Waals surface area contributed by atoms with Gasteiger partial charge < -0.3 is 15.4 Å². The van der Waals surface area contributed by atoms with Crippen LogP contribution in [0, 0.1) is 5.92 Å². The molecule has 2 saturated heterocycles. The molecule has 0 radical (unpaired) electrons. The molecule has 4 nitrogen and oxygen atoms in total. The van der Waals surface area contributed by atoms with Crippen LogP contribution in [0.3, 0.4) is 0 Å². The van der Waals surface area contributed by atoms with Gasteiger partial charge in [-0.3, -0.25) is 4.79 Å². The molecular weight excluding hydrogens is 228 g/mol. The van der Waals surface area contributed by atoms with Gasteiger partial charge in [-0.1, -0.05) is 12.8 Å². The van der Waals surface area contributed by atoms with Crippen molar-refractivity contribution in [3.8, 4) is 0 Å². The summed E-state index contributed by atoms with van der Waals surface area (Å²) in [6.45, 7) is 1.53. The summed E-state index contributed by atoms with van der Waals surface area (Å²) in [7, 11) is 0. The molecule has 2 aliphatic heterocycles. The van der Waals surface area contributed by atoms with E-state index in [1.165, 1.54) is 25.7 Å². The summed E-state index contributed by atoms with van der Waals surface area (Å²) in [6.07, 6.45) is 8.37. The zero-order valence-electron chi connectivity index (χ0n) is 11.0. The molecule has 4 atom stereocenters. The number of hydrogen-bond donors (Lipinski definition) is 2. The van der Waals surface area contributed by atoms with Crippen molar-refractivity contribution in [2.75, 3.05) is 13.2 Å². The Labute approximate surface area is 109 Å². The van der Waals surface area contributed by atoms with Gasteiger partial charge in [-0.25, -0.2) is 0 Å². The predicted molar refractivity (Wildman–Crippen MR) is 69.3 cm³/mol. The van der Waals surface area contributed by atoms with E-state index in [4.69, 9.17) is 4.74 Å². The van der Waals surface area contributed by atoms with Gasteiger partial charge in [0, 0.05) is 12.6 Å². The Bertz CT molecular complexity index is 288. The van der Waals surface area contributed by atoms with Crippen molar-refractivity contribution in [2.45, 2.75) is 63.1 Å². The van der Waals surface area contributed by atoms with E-state index in [1.807, 2.05) is 0 Å². The molecule has 4 unspecified atom stereocenters. The number of fused-ring (bicyclic) bond motifs is 1. The van der Waals surface area contributed by atoms with Crippen LogP contribution in [0.2, 0.25) is 0 Å². The average molecular weight is 252 g/mol. The number of rotatable bonds is 2. The molecule has 0 aromatic rings.